The van der Waals surface area contributed by atoms with Crippen LogP contribution in [0.3, 0.4) is 0 Å². The lowest BCUT2D eigenvalue weighted by Crippen LogP contribution is -2.56. The molecule has 7 heteroatoms. The van der Waals surface area contributed by atoms with Crippen molar-refractivity contribution in [2.45, 2.75) is 45.7 Å². The van der Waals surface area contributed by atoms with Crippen molar-refractivity contribution in [1.82, 2.24) is 24.5 Å². The van der Waals surface area contributed by atoms with E-state index in [4.69, 9.17) is 0 Å². The summed E-state index contributed by atoms with van der Waals surface area (Å²) < 4.78 is 1.94. The molecular weight excluding hydrogens is 316 g/mol. The number of piperidine rings is 1. The Hall–Kier alpha value is -1.60. The average Bonchev–Trinajstić information content (AvgIpc) is 2.95. The molecule has 0 aromatic carbocycles. The SMILES string of the molecule is Cc1cc(NC(=O)N2CCN(C3CCCN(C)C3)CC2)nn1C(C)C. The smallest absolute Gasteiger partial charge is 0.322 e. The summed E-state index contributed by atoms with van der Waals surface area (Å²) in [5, 5.41) is 7.44. The summed E-state index contributed by atoms with van der Waals surface area (Å²) in [6.07, 6.45) is 2.56. The maximum absolute atomic E-state index is 12.5. The number of carbonyl (C=O) groups excluding carboxylic acids is 1. The Morgan fingerprint density at radius 3 is 2.56 bits per heavy atom. The molecule has 3 heterocycles. The van der Waals surface area contributed by atoms with Gasteiger partial charge in [-0.1, -0.05) is 0 Å². The largest absolute Gasteiger partial charge is 0.323 e. The minimum Gasteiger partial charge on any atom is -0.322 e. The summed E-state index contributed by atoms with van der Waals surface area (Å²) >= 11 is 0. The van der Waals surface area contributed by atoms with Crippen molar-refractivity contribution in [3.8, 4) is 0 Å². The molecule has 0 radical (unpaired) electrons. The normalized spacial score (nSPS) is 23.2. The van der Waals surface area contributed by atoms with E-state index in [2.05, 4.69) is 41.1 Å². The number of nitrogens with zero attached hydrogens (tertiary/aromatic N) is 5. The lowest BCUT2D eigenvalue weighted by molar-refractivity contribution is 0.0717. The fraction of sp³-hybridized carbons (Fsp3) is 0.778. The first-order valence-corrected chi connectivity index (χ1v) is 9.48. The van der Waals surface area contributed by atoms with Gasteiger partial charge in [0.15, 0.2) is 5.82 Å². The maximum Gasteiger partial charge on any atom is 0.323 e. The van der Waals surface area contributed by atoms with Crippen LogP contribution in [0.25, 0.3) is 0 Å². The Labute approximate surface area is 150 Å². The summed E-state index contributed by atoms with van der Waals surface area (Å²) in [6.45, 7) is 12.1. The predicted octanol–water partition coefficient (Wildman–Crippen LogP) is 2.02. The van der Waals surface area contributed by atoms with Gasteiger partial charge in [-0.05, 0) is 47.2 Å². The van der Waals surface area contributed by atoms with Crippen LogP contribution in [-0.4, -0.2) is 82.9 Å². The van der Waals surface area contributed by atoms with E-state index in [9.17, 15) is 4.79 Å². The minimum absolute atomic E-state index is 0.0335. The zero-order chi connectivity index (χ0) is 18.0. The molecule has 2 saturated heterocycles. The fourth-order valence-corrected chi connectivity index (χ4v) is 3.99. The Balaban J connectivity index is 1.50. The van der Waals surface area contributed by atoms with Crippen molar-refractivity contribution in [1.29, 1.82) is 0 Å². The van der Waals surface area contributed by atoms with Gasteiger partial charge in [-0.2, -0.15) is 5.10 Å². The molecule has 25 heavy (non-hydrogen) atoms. The molecule has 1 aromatic heterocycles. The molecule has 1 N–H and O–H groups in total. The summed E-state index contributed by atoms with van der Waals surface area (Å²) in [6, 6.07) is 2.84. The average molecular weight is 348 g/mol. The highest BCUT2D eigenvalue weighted by Gasteiger charge is 2.28. The topological polar surface area (TPSA) is 56.6 Å². The highest BCUT2D eigenvalue weighted by molar-refractivity contribution is 5.88. The van der Waals surface area contributed by atoms with Crippen LogP contribution in [-0.2, 0) is 0 Å². The van der Waals surface area contributed by atoms with E-state index in [0.717, 1.165) is 38.4 Å². The van der Waals surface area contributed by atoms with Crippen molar-refractivity contribution < 1.29 is 4.79 Å². The second kappa shape index (κ2) is 7.74. The molecule has 2 aliphatic rings. The lowest BCUT2D eigenvalue weighted by atomic mass is 10.0. The van der Waals surface area contributed by atoms with Crippen LogP contribution in [0.4, 0.5) is 10.6 Å². The summed E-state index contributed by atoms with van der Waals surface area (Å²) in [7, 11) is 2.20. The number of nitrogens with one attached hydrogen (secondary N) is 1. The van der Waals surface area contributed by atoms with Crippen molar-refractivity contribution >= 4 is 11.8 Å². The zero-order valence-electron chi connectivity index (χ0n) is 16.0. The monoisotopic (exact) mass is 348 g/mol. The third-order valence-electron chi connectivity index (χ3n) is 5.36. The quantitative estimate of drug-likeness (QED) is 0.908. The summed E-state index contributed by atoms with van der Waals surface area (Å²) in [5.74, 6) is 0.646. The molecule has 2 aliphatic heterocycles. The van der Waals surface area contributed by atoms with Gasteiger partial charge in [0, 0.05) is 56.6 Å². The molecule has 3 rings (SSSR count). The van der Waals surface area contributed by atoms with Crippen LogP contribution >= 0.6 is 0 Å². The number of hydrogen-bond donors (Lipinski definition) is 1. The van der Waals surface area contributed by atoms with Gasteiger partial charge in [-0.3, -0.25) is 14.9 Å². The number of amides is 2. The third kappa shape index (κ3) is 4.33. The van der Waals surface area contributed by atoms with Crippen molar-refractivity contribution in [3.05, 3.63) is 11.8 Å². The van der Waals surface area contributed by atoms with Crippen molar-refractivity contribution in [2.24, 2.45) is 0 Å². The van der Waals surface area contributed by atoms with Crippen LogP contribution in [0, 0.1) is 6.92 Å². The van der Waals surface area contributed by atoms with Crippen LogP contribution in [0.15, 0.2) is 6.07 Å². The van der Waals surface area contributed by atoms with Gasteiger partial charge in [-0.25, -0.2) is 4.79 Å². The zero-order valence-corrected chi connectivity index (χ0v) is 16.0. The van der Waals surface area contributed by atoms with E-state index in [1.807, 2.05) is 22.6 Å². The van der Waals surface area contributed by atoms with Gasteiger partial charge in [0.25, 0.3) is 0 Å². The molecule has 0 aliphatic carbocycles. The van der Waals surface area contributed by atoms with Crippen LogP contribution in [0.1, 0.15) is 38.4 Å². The number of carbonyl (C=O) groups is 1. The van der Waals surface area contributed by atoms with E-state index in [-0.39, 0.29) is 6.03 Å². The standard InChI is InChI=1S/C18H32N6O/c1-14(2)24-15(3)12-17(20-24)19-18(25)23-10-8-22(9-11-23)16-6-5-7-21(4)13-16/h12,14,16H,5-11,13H2,1-4H3,(H,19,20,25). The molecule has 7 nitrogen and oxygen atoms in total. The van der Waals surface area contributed by atoms with Gasteiger partial charge in [-0.15, -0.1) is 0 Å². The van der Waals surface area contributed by atoms with Gasteiger partial charge < -0.3 is 9.80 Å². The fourth-order valence-electron chi connectivity index (χ4n) is 3.99. The number of urea groups is 1. The van der Waals surface area contributed by atoms with Crippen LogP contribution < -0.4 is 5.32 Å². The van der Waals surface area contributed by atoms with Crippen molar-refractivity contribution in [2.75, 3.05) is 51.6 Å². The number of piperazine rings is 1. The minimum atomic E-state index is -0.0335. The van der Waals surface area contributed by atoms with Crippen LogP contribution in [0.2, 0.25) is 0 Å². The molecule has 1 aromatic rings. The first-order chi connectivity index (χ1) is 11.9. The highest BCUT2D eigenvalue weighted by Crippen LogP contribution is 2.18. The number of aryl methyl sites for hydroxylation is 1. The van der Waals surface area contributed by atoms with E-state index in [0.29, 0.717) is 17.9 Å². The van der Waals surface area contributed by atoms with E-state index in [1.165, 1.54) is 19.4 Å². The van der Waals surface area contributed by atoms with Gasteiger partial charge in [0.1, 0.15) is 0 Å². The molecular formula is C18H32N6O. The van der Waals surface area contributed by atoms with E-state index < -0.39 is 0 Å². The number of anilines is 1. The first-order valence-electron chi connectivity index (χ1n) is 9.48. The molecule has 1 unspecified atom stereocenters. The molecule has 2 fully saturated rings. The lowest BCUT2D eigenvalue weighted by Gasteiger charge is -2.42. The number of rotatable bonds is 3. The van der Waals surface area contributed by atoms with E-state index in [1.54, 1.807) is 0 Å². The number of likely N-dealkylation sites (tertiary alicyclic amines) is 1. The molecule has 0 bridgehead atoms. The van der Waals surface area contributed by atoms with Crippen LogP contribution in [0.5, 0.6) is 0 Å². The van der Waals surface area contributed by atoms with E-state index >= 15 is 0 Å². The van der Waals surface area contributed by atoms with Gasteiger partial charge in [0.05, 0.1) is 0 Å². The Morgan fingerprint density at radius 2 is 1.96 bits per heavy atom. The second-order valence-corrected chi connectivity index (χ2v) is 7.72. The molecule has 0 spiro atoms. The third-order valence-corrected chi connectivity index (χ3v) is 5.36. The molecule has 2 amide bonds. The Bertz CT molecular complexity index is 590. The van der Waals surface area contributed by atoms with Gasteiger partial charge >= 0.3 is 6.03 Å². The van der Waals surface area contributed by atoms with Gasteiger partial charge in [0.2, 0.25) is 0 Å². The van der Waals surface area contributed by atoms with Crippen molar-refractivity contribution in [3.63, 3.8) is 0 Å². The molecule has 0 saturated carbocycles. The Kier molecular flexibility index (Phi) is 5.64. The summed E-state index contributed by atoms with van der Waals surface area (Å²) in [4.78, 5) is 19.4. The maximum atomic E-state index is 12.5. The second-order valence-electron chi connectivity index (χ2n) is 7.72. The summed E-state index contributed by atoms with van der Waals surface area (Å²) in [5.41, 5.74) is 1.07. The highest BCUT2D eigenvalue weighted by atomic mass is 16.2. The number of likely N-dealkylation sites (N-methyl/N-ethyl adjacent to an activating group) is 1. The first kappa shape index (κ1) is 18.2. The Morgan fingerprint density at radius 1 is 1.24 bits per heavy atom. The molecule has 140 valence electrons. The number of hydrogen-bond acceptors (Lipinski definition) is 4. The number of aromatic nitrogens is 2. The molecule has 1 atom stereocenters. The predicted molar refractivity (Wildman–Crippen MR) is 100 cm³/mol.